The normalized spacial score (nSPS) is 29.8. The number of nitrogens with two attached hydrogens (primary N) is 1. The highest BCUT2D eigenvalue weighted by Gasteiger charge is 2.41. The SMILES string of the molecule is COc1ccccc1C(C)(C)NC(=O)C1CC2CCCC(C1)C2N. The van der Waals surface area contributed by atoms with E-state index in [2.05, 4.69) is 5.32 Å². The molecule has 2 saturated carbocycles. The minimum atomic E-state index is -0.460. The largest absolute Gasteiger partial charge is 0.496 e. The van der Waals surface area contributed by atoms with E-state index in [1.807, 2.05) is 38.1 Å². The topological polar surface area (TPSA) is 64.3 Å². The van der Waals surface area contributed by atoms with Crippen molar-refractivity contribution in [3.8, 4) is 5.75 Å². The minimum absolute atomic E-state index is 0.0917. The summed E-state index contributed by atoms with van der Waals surface area (Å²) in [5, 5.41) is 3.26. The monoisotopic (exact) mass is 330 g/mol. The molecule has 2 atom stereocenters. The Kier molecular flexibility index (Phi) is 4.86. The van der Waals surface area contributed by atoms with E-state index in [9.17, 15) is 4.79 Å². The highest BCUT2D eigenvalue weighted by molar-refractivity contribution is 5.80. The average molecular weight is 330 g/mol. The van der Waals surface area contributed by atoms with Crippen LogP contribution in [0.15, 0.2) is 24.3 Å². The smallest absolute Gasteiger partial charge is 0.223 e. The molecule has 1 amide bonds. The molecule has 2 bridgehead atoms. The lowest BCUT2D eigenvalue weighted by Crippen LogP contribution is -2.51. The lowest BCUT2D eigenvalue weighted by molar-refractivity contribution is -0.129. The second-order valence-electron chi connectivity index (χ2n) is 8.01. The lowest BCUT2D eigenvalue weighted by Gasteiger charge is -2.44. The molecule has 2 aliphatic rings. The number of hydrogen-bond donors (Lipinski definition) is 2. The summed E-state index contributed by atoms with van der Waals surface area (Å²) in [7, 11) is 1.67. The Morgan fingerprint density at radius 1 is 1.21 bits per heavy atom. The first-order valence-electron chi connectivity index (χ1n) is 9.13. The highest BCUT2D eigenvalue weighted by atomic mass is 16.5. The molecule has 3 rings (SSSR count). The fourth-order valence-electron chi connectivity index (χ4n) is 4.64. The standard InChI is InChI=1S/C20H30N2O2/c1-20(2,16-9-4-5-10-17(16)24-3)22-19(23)15-11-13-7-6-8-14(12-15)18(13)21/h4-5,9-10,13-15,18H,6-8,11-12,21H2,1-3H3,(H,22,23). The van der Waals surface area contributed by atoms with Crippen LogP contribution in [0.4, 0.5) is 0 Å². The van der Waals surface area contributed by atoms with E-state index in [1.54, 1.807) is 7.11 Å². The quantitative estimate of drug-likeness (QED) is 0.891. The fraction of sp³-hybridized carbons (Fsp3) is 0.650. The van der Waals surface area contributed by atoms with Crippen LogP contribution in [0, 0.1) is 17.8 Å². The molecule has 0 saturated heterocycles. The number of benzene rings is 1. The number of amides is 1. The molecular formula is C20H30N2O2. The number of ether oxygens (including phenoxy) is 1. The number of methoxy groups -OCH3 is 1. The van der Waals surface area contributed by atoms with Crippen molar-refractivity contribution in [2.24, 2.45) is 23.5 Å². The second kappa shape index (κ2) is 6.75. The third kappa shape index (κ3) is 3.30. The van der Waals surface area contributed by atoms with Crippen LogP contribution in [0.5, 0.6) is 5.75 Å². The first-order chi connectivity index (χ1) is 11.4. The summed E-state index contributed by atoms with van der Waals surface area (Å²) in [5.74, 6) is 2.10. The summed E-state index contributed by atoms with van der Waals surface area (Å²) in [6.45, 7) is 4.08. The number of para-hydroxylation sites is 1. The predicted octanol–water partition coefficient (Wildman–Crippen LogP) is 3.20. The van der Waals surface area contributed by atoms with Crippen molar-refractivity contribution in [3.63, 3.8) is 0 Å². The van der Waals surface area contributed by atoms with Gasteiger partial charge in [-0.1, -0.05) is 24.6 Å². The fourth-order valence-corrected chi connectivity index (χ4v) is 4.64. The van der Waals surface area contributed by atoms with Crippen LogP contribution in [0.3, 0.4) is 0 Å². The number of nitrogens with one attached hydrogen (secondary N) is 1. The van der Waals surface area contributed by atoms with Gasteiger partial charge in [-0.2, -0.15) is 0 Å². The van der Waals surface area contributed by atoms with E-state index in [0.29, 0.717) is 17.9 Å². The van der Waals surface area contributed by atoms with E-state index in [-0.39, 0.29) is 11.8 Å². The van der Waals surface area contributed by atoms with Crippen molar-refractivity contribution >= 4 is 5.91 Å². The molecule has 0 spiro atoms. The Morgan fingerprint density at radius 3 is 2.46 bits per heavy atom. The van der Waals surface area contributed by atoms with Crippen LogP contribution in [0.2, 0.25) is 0 Å². The number of fused-ring (bicyclic) bond motifs is 2. The molecule has 4 heteroatoms. The van der Waals surface area contributed by atoms with Gasteiger partial charge in [0.2, 0.25) is 5.91 Å². The maximum atomic E-state index is 12.9. The average Bonchev–Trinajstić information content (AvgIpc) is 2.54. The Morgan fingerprint density at radius 2 is 1.83 bits per heavy atom. The molecule has 0 aromatic heterocycles. The summed E-state index contributed by atoms with van der Waals surface area (Å²) in [4.78, 5) is 12.9. The first-order valence-corrected chi connectivity index (χ1v) is 9.13. The molecule has 2 unspecified atom stereocenters. The van der Waals surface area contributed by atoms with Crippen LogP contribution in [-0.2, 0) is 10.3 Å². The van der Waals surface area contributed by atoms with Crippen molar-refractivity contribution < 1.29 is 9.53 Å². The molecule has 1 aromatic rings. The van der Waals surface area contributed by atoms with Gasteiger partial charge in [0.25, 0.3) is 0 Å². The first kappa shape index (κ1) is 17.3. The molecule has 0 heterocycles. The third-order valence-corrected chi connectivity index (χ3v) is 6.00. The van der Waals surface area contributed by atoms with Crippen LogP contribution in [0.25, 0.3) is 0 Å². The zero-order valence-corrected chi connectivity index (χ0v) is 15.0. The summed E-state index contributed by atoms with van der Waals surface area (Å²) < 4.78 is 5.47. The minimum Gasteiger partial charge on any atom is -0.496 e. The van der Waals surface area contributed by atoms with Gasteiger partial charge in [-0.25, -0.2) is 0 Å². The van der Waals surface area contributed by atoms with E-state index in [1.165, 1.54) is 19.3 Å². The molecule has 3 N–H and O–H groups in total. The molecule has 2 fully saturated rings. The van der Waals surface area contributed by atoms with Gasteiger partial charge in [-0.15, -0.1) is 0 Å². The van der Waals surface area contributed by atoms with Gasteiger partial charge in [-0.3, -0.25) is 4.79 Å². The number of hydrogen-bond acceptors (Lipinski definition) is 3. The molecule has 0 radical (unpaired) electrons. The Labute approximate surface area is 145 Å². The van der Waals surface area contributed by atoms with E-state index in [4.69, 9.17) is 10.5 Å². The molecule has 24 heavy (non-hydrogen) atoms. The maximum Gasteiger partial charge on any atom is 0.223 e. The van der Waals surface area contributed by atoms with Gasteiger partial charge in [0.05, 0.1) is 12.6 Å². The molecule has 132 valence electrons. The summed E-state index contributed by atoms with van der Waals surface area (Å²) in [6.07, 6.45) is 5.50. The molecule has 0 aliphatic heterocycles. The number of carbonyl (C=O) groups is 1. The summed E-state index contributed by atoms with van der Waals surface area (Å²) in [5.41, 5.74) is 6.90. The number of carbonyl (C=O) groups excluding carboxylic acids is 1. The summed E-state index contributed by atoms with van der Waals surface area (Å²) in [6, 6.07) is 8.18. The Balaban J connectivity index is 1.72. The number of rotatable bonds is 4. The van der Waals surface area contributed by atoms with Gasteiger partial charge < -0.3 is 15.8 Å². The van der Waals surface area contributed by atoms with E-state index >= 15 is 0 Å². The van der Waals surface area contributed by atoms with Gasteiger partial charge >= 0.3 is 0 Å². The maximum absolute atomic E-state index is 12.9. The van der Waals surface area contributed by atoms with Gasteiger partial charge in [0.15, 0.2) is 0 Å². The van der Waals surface area contributed by atoms with Crippen molar-refractivity contribution in [1.82, 2.24) is 5.32 Å². The van der Waals surface area contributed by atoms with E-state index < -0.39 is 5.54 Å². The van der Waals surface area contributed by atoms with Crippen molar-refractivity contribution in [2.75, 3.05) is 7.11 Å². The molecule has 4 nitrogen and oxygen atoms in total. The van der Waals surface area contributed by atoms with Crippen molar-refractivity contribution in [1.29, 1.82) is 0 Å². The van der Waals surface area contributed by atoms with Crippen LogP contribution >= 0.6 is 0 Å². The third-order valence-electron chi connectivity index (χ3n) is 6.00. The van der Waals surface area contributed by atoms with Crippen LogP contribution < -0.4 is 15.8 Å². The van der Waals surface area contributed by atoms with Gasteiger partial charge in [0.1, 0.15) is 5.75 Å². The lowest BCUT2D eigenvalue weighted by atomic mass is 9.65. The van der Waals surface area contributed by atoms with Crippen LogP contribution in [0.1, 0.15) is 51.5 Å². The molecular weight excluding hydrogens is 300 g/mol. The highest BCUT2D eigenvalue weighted by Crippen LogP contribution is 2.42. The van der Waals surface area contributed by atoms with Crippen molar-refractivity contribution in [3.05, 3.63) is 29.8 Å². The Bertz CT molecular complexity index is 585. The Hall–Kier alpha value is -1.55. The second-order valence-corrected chi connectivity index (χ2v) is 8.01. The van der Waals surface area contributed by atoms with Gasteiger partial charge in [0, 0.05) is 17.5 Å². The molecule has 2 aliphatic carbocycles. The zero-order chi connectivity index (χ0) is 17.3. The molecule has 1 aromatic carbocycles. The predicted molar refractivity (Wildman–Crippen MR) is 95.7 cm³/mol. The summed E-state index contributed by atoms with van der Waals surface area (Å²) >= 11 is 0. The van der Waals surface area contributed by atoms with Crippen LogP contribution in [-0.4, -0.2) is 19.1 Å². The van der Waals surface area contributed by atoms with E-state index in [0.717, 1.165) is 24.2 Å². The van der Waals surface area contributed by atoms with Crippen molar-refractivity contribution in [2.45, 2.75) is 57.5 Å². The zero-order valence-electron chi connectivity index (χ0n) is 15.0. The van der Waals surface area contributed by atoms with Gasteiger partial charge in [-0.05, 0) is 57.4 Å².